The Morgan fingerprint density at radius 1 is 1.56 bits per heavy atom. The lowest BCUT2D eigenvalue weighted by Crippen LogP contribution is -2.21. The molecule has 0 amide bonds. The fourth-order valence-corrected chi connectivity index (χ4v) is 1.40. The smallest absolute Gasteiger partial charge is 0.295 e. The zero-order valence-electron chi connectivity index (χ0n) is 7.88. The van der Waals surface area contributed by atoms with Crippen LogP contribution in [-0.4, -0.2) is 32.1 Å². The summed E-state index contributed by atoms with van der Waals surface area (Å²) in [6, 6.07) is 1.05. The highest BCUT2D eigenvalue weighted by molar-refractivity contribution is 6.30. The second kappa shape index (κ2) is 5.40. The molecule has 1 heterocycles. The van der Waals surface area contributed by atoms with Crippen molar-refractivity contribution in [2.24, 2.45) is 0 Å². The second-order valence-corrected chi connectivity index (χ2v) is 3.73. The van der Waals surface area contributed by atoms with Crippen molar-refractivity contribution in [3.8, 4) is 0 Å². The van der Waals surface area contributed by atoms with E-state index < -0.39 is 22.8 Å². The van der Waals surface area contributed by atoms with E-state index in [-0.39, 0.29) is 16.6 Å². The number of hydrogen-bond acceptors (Lipinski definition) is 5. The van der Waals surface area contributed by atoms with Crippen LogP contribution in [0.2, 0.25) is 5.02 Å². The van der Waals surface area contributed by atoms with Crippen LogP contribution in [-0.2, 0) is 0 Å². The van der Waals surface area contributed by atoms with Crippen molar-refractivity contribution in [2.75, 3.05) is 5.88 Å². The minimum absolute atomic E-state index is 0.0722. The molecule has 0 fully saturated rings. The number of alkyl halides is 1. The SMILES string of the molecule is O=[N+]([O-])c1cc(Cl)cnc1C(O)C(O)CCl. The molecule has 8 heteroatoms. The van der Waals surface area contributed by atoms with Crippen molar-refractivity contribution in [3.63, 3.8) is 0 Å². The highest BCUT2D eigenvalue weighted by Gasteiger charge is 2.27. The van der Waals surface area contributed by atoms with Gasteiger partial charge in [0, 0.05) is 12.3 Å². The first-order valence-corrected chi connectivity index (χ1v) is 5.10. The number of nitro groups is 1. The van der Waals surface area contributed by atoms with Crippen molar-refractivity contribution in [1.82, 2.24) is 4.98 Å². The van der Waals surface area contributed by atoms with Crippen molar-refractivity contribution in [2.45, 2.75) is 12.2 Å². The number of pyridine rings is 1. The third kappa shape index (κ3) is 2.79. The van der Waals surface area contributed by atoms with Crippen molar-refractivity contribution < 1.29 is 15.1 Å². The lowest BCUT2D eigenvalue weighted by atomic mass is 10.1. The van der Waals surface area contributed by atoms with E-state index in [1.807, 2.05) is 0 Å². The maximum Gasteiger partial charge on any atom is 0.295 e. The minimum atomic E-state index is -1.52. The molecule has 0 spiro atoms. The van der Waals surface area contributed by atoms with Gasteiger partial charge in [-0.1, -0.05) is 11.6 Å². The molecule has 2 unspecified atom stereocenters. The van der Waals surface area contributed by atoms with E-state index in [0.29, 0.717) is 0 Å². The number of nitrogens with zero attached hydrogens (tertiary/aromatic N) is 2. The second-order valence-electron chi connectivity index (χ2n) is 2.98. The topological polar surface area (TPSA) is 96.5 Å². The molecule has 0 radical (unpaired) electrons. The summed E-state index contributed by atoms with van der Waals surface area (Å²) in [5.41, 5.74) is -0.716. The molecule has 0 saturated heterocycles. The molecule has 0 saturated carbocycles. The normalized spacial score (nSPS) is 14.5. The summed E-state index contributed by atoms with van der Waals surface area (Å²) >= 11 is 10.9. The van der Waals surface area contributed by atoms with Crippen LogP contribution in [0.25, 0.3) is 0 Å². The van der Waals surface area contributed by atoms with E-state index in [1.165, 1.54) is 0 Å². The van der Waals surface area contributed by atoms with Gasteiger partial charge in [0.05, 0.1) is 21.9 Å². The zero-order chi connectivity index (χ0) is 12.3. The molecule has 0 aliphatic carbocycles. The van der Waals surface area contributed by atoms with E-state index in [2.05, 4.69) is 4.98 Å². The number of aliphatic hydroxyl groups excluding tert-OH is 2. The molecule has 6 nitrogen and oxygen atoms in total. The van der Waals surface area contributed by atoms with Gasteiger partial charge in [-0.3, -0.25) is 10.1 Å². The lowest BCUT2D eigenvalue weighted by molar-refractivity contribution is -0.386. The molecule has 1 rings (SSSR count). The fraction of sp³-hybridized carbons (Fsp3) is 0.375. The van der Waals surface area contributed by atoms with Crippen LogP contribution >= 0.6 is 23.2 Å². The van der Waals surface area contributed by atoms with Gasteiger partial charge in [-0.25, -0.2) is 4.98 Å². The maximum atomic E-state index is 10.7. The summed E-state index contributed by atoms with van der Waals surface area (Å²) in [6.45, 7) is 0. The summed E-state index contributed by atoms with van der Waals surface area (Å²) in [4.78, 5) is 13.6. The van der Waals surface area contributed by atoms with Gasteiger partial charge in [0.1, 0.15) is 11.8 Å². The van der Waals surface area contributed by atoms with Crippen LogP contribution in [0, 0.1) is 10.1 Å². The van der Waals surface area contributed by atoms with Gasteiger partial charge in [0.2, 0.25) is 0 Å². The molecule has 0 aromatic carbocycles. The largest absolute Gasteiger partial charge is 0.389 e. The third-order valence-corrected chi connectivity index (χ3v) is 2.39. The number of hydrogen-bond donors (Lipinski definition) is 2. The van der Waals surface area contributed by atoms with Gasteiger partial charge in [0.15, 0.2) is 0 Å². The molecule has 2 atom stereocenters. The Morgan fingerprint density at radius 3 is 2.69 bits per heavy atom. The Kier molecular flexibility index (Phi) is 4.43. The van der Waals surface area contributed by atoms with Crippen LogP contribution in [0.15, 0.2) is 12.3 Å². The molecule has 88 valence electrons. The Bertz CT molecular complexity index is 402. The van der Waals surface area contributed by atoms with Crippen molar-refractivity contribution in [3.05, 3.63) is 33.1 Å². The fourth-order valence-electron chi connectivity index (χ4n) is 1.08. The van der Waals surface area contributed by atoms with Gasteiger partial charge in [-0.05, 0) is 0 Å². The molecule has 1 aromatic heterocycles. The Balaban J connectivity index is 3.17. The highest BCUT2D eigenvalue weighted by Crippen LogP contribution is 2.27. The quantitative estimate of drug-likeness (QED) is 0.486. The minimum Gasteiger partial charge on any atom is -0.389 e. The van der Waals surface area contributed by atoms with Gasteiger partial charge >= 0.3 is 0 Å². The van der Waals surface area contributed by atoms with E-state index >= 15 is 0 Å². The predicted octanol–water partition coefficient (Wildman–Crippen LogP) is 1.28. The summed E-state index contributed by atoms with van der Waals surface area (Å²) in [6.07, 6.45) is -1.70. The maximum absolute atomic E-state index is 10.7. The number of aliphatic hydroxyl groups is 2. The Morgan fingerprint density at radius 2 is 2.19 bits per heavy atom. The van der Waals surface area contributed by atoms with Crippen LogP contribution in [0.5, 0.6) is 0 Å². The standard InChI is InChI=1S/C8H8Cl2N2O4/c9-2-6(13)8(14)7-5(12(15)16)1-4(10)3-11-7/h1,3,6,8,13-14H,2H2. The lowest BCUT2D eigenvalue weighted by Gasteiger charge is -2.14. The zero-order valence-corrected chi connectivity index (χ0v) is 9.39. The van der Waals surface area contributed by atoms with Crippen molar-refractivity contribution in [1.29, 1.82) is 0 Å². The molecule has 0 aliphatic heterocycles. The van der Waals surface area contributed by atoms with Crippen LogP contribution in [0.3, 0.4) is 0 Å². The average Bonchev–Trinajstić information content (AvgIpc) is 2.26. The summed E-state index contributed by atoms with van der Waals surface area (Å²) in [7, 11) is 0. The van der Waals surface area contributed by atoms with E-state index in [9.17, 15) is 20.3 Å². The van der Waals surface area contributed by atoms with Gasteiger partial charge in [-0.2, -0.15) is 0 Å². The van der Waals surface area contributed by atoms with Crippen LogP contribution in [0.1, 0.15) is 11.8 Å². The van der Waals surface area contributed by atoms with Gasteiger partial charge < -0.3 is 10.2 Å². The number of aromatic nitrogens is 1. The highest BCUT2D eigenvalue weighted by atomic mass is 35.5. The van der Waals surface area contributed by atoms with Crippen LogP contribution < -0.4 is 0 Å². The van der Waals surface area contributed by atoms with Crippen LogP contribution in [0.4, 0.5) is 5.69 Å². The predicted molar refractivity (Wildman–Crippen MR) is 57.6 cm³/mol. The summed E-state index contributed by atoms with van der Waals surface area (Å²) in [5.74, 6) is -0.261. The molecule has 0 bridgehead atoms. The number of rotatable bonds is 4. The monoisotopic (exact) mass is 266 g/mol. The number of halogens is 2. The Hall–Kier alpha value is -0.950. The third-order valence-electron chi connectivity index (χ3n) is 1.86. The summed E-state index contributed by atoms with van der Waals surface area (Å²) in [5, 5.41) is 29.6. The van der Waals surface area contributed by atoms with E-state index in [0.717, 1.165) is 12.3 Å². The first-order valence-electron chi connectivity index (χ1n) is 4.19. The average molecular weight is 267 g/mol. The molecular formula is C8H8Cl2N2O4. The van der Waals surface area contributed by atoms with Crippen molar-refractivity contribution >= 4 is 28.9 Å². The molecule has 0 aliphatic rings. The van der Waals surface area contributed by atoms with Gasteiger partial charge in [0.25, 0.3) is 5.69 Å². The van der Waals surface area contributed by atoms with E-state index in [1.54, 1.807) is 0 Å². The molecule has 2 N–H and O–H groups in total. The van der Waals surface area contributed by atoms with Gasteiger partial charge in [-0.15, -0.1) is 11.6 Å². The molecular weight excluding hydrogens is 259 g/mol. The first kappa shape index (κ1) is 13.1. The first-order chi connectivity index (χ1) is 7.47. The summed E-state index contributed by atoms with van der Waals surface area (Å²) < 4.78 is 0. The Labute approximate surface area is 101 Å². The molecule has 16 heavy (non-hydrogen) atoms. The van der Waals surface area contributed by atoms with E-state index in [4.69, 9.17) is 23.2 Å². The molecule has 1 aromatic rings.